The van der Waals surface area contributed by atoms with Crippen LogP contribution >= 0.6 is 0 Å². The number of aliphatic hydroxyl groups excluding tert-OH is 1. The molecule has 2 unspecified atom stereocenters. The Morgan fingerprint density at radius 2 is 2.00 bits per heavy atom. The Morgan fingerprint density at radius 1 is 1.14 bits per heavy atom. The Labute approximate surface area is 86.6 Å². The lowest BCUT2D eigenvalue weighted by Crippen LogP contribution is -2.28. The molecule has 2 rings (SSSR count). The van der Waals surface area contributed by atoms with Crippen molar-refractivity contribution >= 4 is 0 Å². The molecule has 0 aromatic rings. The van der Waals surface area contributed by atoms with Crippen LogP contribution in [0.1, 0.15) is 51.4 Å². The van der Waals surface area contributed by atoms with E-state index in [1.54, 1.807) is 0 Å². The number of rotatable bonds is 4. The van der Waals surface area contributed by atoms with Gasteiger partial charge in [-0.25, -0.2) is 0 Å². The molecule has 1 heterocycles. The van der Waals surface area contributed by atoms with Crippen LogP contribution in [0.5, 0.6) is 0 Å². The van der Waals surface area contributed by atoms with E-state index in [1.807, 2.05) is 0 Å². The second-order valence-electron chi connectivity index (χ2n) is 4.82. The van der Waals surface area contributed by atoms with Crippen molar-refractivity contribution in [3.63, 3.8) is 0 Å². The van der Waals surface area contributed by atoms with Crippen molar-refractivity contribution < 1.29 is 9.84 Å². The fourth-order valence-corrected chi connectivity index (χ4v) is 2.45. The van der Waals surface area contributed by atoms with Crippen LogP contribution in [-0.4, -0.2) is 23.9 Å². The normalized spacial score (nSPS) is 31.1. The summed E-state index contributed by atoms with van der Waals surface area (Å²) < 4.78 is 5.65. The molecule has 14 heavy (non-hydrogen) atoms. The van der Waals surface area contributed by atoms with Crippen molar-refractivity contribution in [2.75, 3.05) is 6.61 Å². The second kappa shape index (κ2) is 5.13. The highest BCUT2D eigenvalue weighted by Gasteiger charge is 2.26. The maximum absolute atomic E-state index is 9.84. The summed E-state index contributed by atoms with van der Waals surface area (Å²) in [6.45, 7) is 0.935. The molecular formula is C12H22O2. The zero-order valence-corrected chi connectivity index (χ0v) is 8.95. The van der Waals surface area contributed by atoms with Crippen molar-refractivity contribution in [2.45, 2.75) is 63.6 Å². The molecule has 1 N–H and O–H groups in total. The minimum absolute atomic E-state index is 0.0470. The highest BCUT2D eigenvalue weighted by atomic mass is 16.5. The Hall–Kier alpha value is -0.0800. The largest absolute Gasteiger partial charge is 0.393 e. The molecule has 2 atom stereocenters. The van der Waals surface area contributed by atoms with Crippen molar-refractivity contribution in [3.8, 4) is 0 Å². The Morgan fingerprint density at radius 3 is 2.57 bits per heavy atom. The lowest BCUT2D eigenvalue weighted by molar-refractivity contribution is -0.00941. The van der Waals surface area contributed by atoms with E-state index in [-0.39, 0.29) is 6.10 Å². The Kier molecular flexibility index (Phi) is 3.82. The fourth-order valence-electron chi connectivity index (χ4n) is 2.45. The van der Waals surface area contributed by atoms with Crippen LogP contribution in [-0.2, 0) is 4.74 Å². The van der Waals surface area contributed by atoms with Gasteiger partial charge in [-0.1, -0.05) is 6.42 Å². The molecule has 0 aromatic heterocycles. The minimum Gasteiger partial charge on any atom is -0.393 e. The van der Waals surface area contributed by atoms with Gasteiger partial charge < -0.3 is 9.84 Å². The summed E-state index contributed by atoms with van der Waals surface area (Å²) >= 11 is 0. The van der Waals surface area contributed by atoms with Crippen molar-refractivity contribution in [1.82, 2.24) is 0 Å². The third kappa shape index (κ3) is 2.71. The van der Waals surface area contributed by atoms with Crippen molar-refractivity contribution in [3.05, 3.63) is 0 Å². The van der Waals surface area contributed by atoms with Crippen molar-refractivity contribution in [1.29, 1.82) is 0 Å². The third-order valence-electron chi connectivity index (χ3n) is 3.75. The van der Waals surface area contributed by atoms with Gasteiger partial charge in [-0.05, 0) is 50.9 Å². The van der Waals surface area contributed by atoms with Gasteiger partial charge in [0.25, 0.3) is 0 Å². The molecule has 0 bridgehead atoms. The van der Waals surface area contributed by atoms with Gasteiger partial charge in [0.2, 0.25) is 0 Å². The molecular weight excluding hydrogens is 176 g/mol. The molecule has 0 amide bonds. The number of ether oxygens (including phenoxy) is 1. The average molecular weight is 198 g/mol. The van der Waals surface area contributed by atoms with E-state index in [2.05, 4.69) is 0 Å². The van der Waals surface area contributed by atoms with E-state index in [9.17, 15) is 5.11 Å². The highest BCUT2D eigenvalue weighted by Crippen LogP contribution is 2.32. The molecule has 2 aliphatic rings. The molecule has 0 radical (unpaired) electrons. The summed E-state index contributed by atoms with van der Waals surface area (Å²) in [5, 5.41) is 9.84. The molecule has 2 heteroatoms. The van der Waals surface area contributed by atoms with Gasteiger partial charge in [-0.3, -0.25) is 0 Å². The Balaban J connectivity index is 1.60. The van der Waals surface area contributed by atoms with Gasteiger partial charge in [0, 0.05) is 6.61 Å². The first-order valence-corrected chi connectivity index (χ1v) is 6.16. The molecule has 1 saturated carbocycles. The summed E-state index contributed by atoms with van der Waals surface area (Å²) in [6, 6.07) is 0. The number of aliphatic hydroxyl groups is 1. The monoisotopic (exact) mass is 198 g/mol. The van der Waals surface area contributed by atoms with Crippen LogP contribution < -0.4 is 0 Å². The predicted molar refractivity (Wildman–Crippen MR) is 56.2 cm³/mol. The van der Waals surface area contributed by atoms with Crippen molar-refractivity contribution in [2.24, 2.45) is 5.92 Å². The fraction of sp³-hybridized carbons (Fsp3) is 1.00. The van der Waals surface area contributed by atoms with E-state index < -0.39 is 0 Å². The lowest BCUT2D eigenvalue weighted by Gasteiger charge is -2.31. The standard InChI is InChI=1S/C12H22O2/c13-12(10-4-3-5-10)8-7-11-6-1-2-9-14-11/h10-13H,1-9H2. The van der Waals surface area contributed by atoms with Gasteiger partial charge in [-0.15, -0.1) is 0 Å². The second-order valence-corrected chi connectivity index (χ2v) is 4.82. The zero-order valence-electron chi connectivity index (χ0n) is 8.95. The molecule has 2 nitrogen and oxygen atoms in total. The van der Waals surface area contributed by atoms with Gasteiger partial charge in [0.05, 0.1) is 12.2 Å². The molecule has 0 spiro atoms. The quantitative estimate of drug-likeness (QED) is 0.752. The average Bonchev–Trinajstić information content (AvgIpc) is 2.14. The van der Waals surface area contributed by atoms with E-state index in [0.717, 1.165) is 19.4 Å². The first kappa shape index (κ1) is 10.4. The lowest BCUT2D eigenvalue weighted by atomic mass is 9.79. The van der Waals surface area contributed by atoms with Gasteiger partial charge >= 0.3 is 0 Å². The maximum Gasteiger partial charge on any atom is 0.0576 e. The predicted octanol–water partition coefficient (Wildman–Crippen LogP) is 2.50. The Bertz CT molecular complexity index is 158. The van der Waals surface area contributed by atoms with Crippen LogP contribution in [0.15, 0.2) is 0 Å². The minimum atomic E-state index is -0.0470. The summed E-state index contributed by atoms with van der Waals surface area (Å²) in [5.41, 5.74) is 0. The third-order valence-corrected chi connectivity index (χ3v) is 3.75. The molecule has 1 aliphatic carbocycles. The van der Waals surface area contributed by atoms with Gasteiger partial charge in [0.1, 0.15) is 0 Å². The van der Waals surface area contributed by atoms with E-state index in [1.165, 1.54) is 38.5 Å². The van der Waals surface area contributed by atoms with Crippen LogP contribution in [0, 0.1) is 5.92 Å². The summed E-state index contributed by atoms with van der Waals surface area (Å²) in [5.74, 6) is 0.610. The van der Waals surface area contributed by atoms with E-state index >= 15 is 0 Å². The van der Waals surface area contributed by atoms with E-state index in [4.69, 9.17) is 4.74 Å². The molecule has 1 aliphatic heterocycles. The first-order chi connectivity index (χ1) is 6.86. The summed E-state index contributed by atoms with van der Waals surface area (Å²) in [6.07, 6.45) is 9.96. The maximum atomic E-state index is 9.84. The number of hydrogen-bond donors (Lipinski definition) is 1. The SMILES string of the molecule is OC(CCC1CCCCO1)C1CCC1. The molecule has 82 valence electrons. The zero-order chi connectivity index (χ0) is 9.80. The van der Waals surface area contributed by atoms with Gasteiger partial charge in [0.15, 0.2) is 0 Å². The van der Waals surface area contributed by atoms with E-state index in [0.29, 0.717) is 12.0 Å². The van der Waals surface area contributed by atoms with Crippen LogP contribution in [0.3, 0.4) is 0 Å². The summed E-state index contributed by atoms with van der Waals surface area (Å²) in [7, 11) is 0. The first-order valence-electron chi connectivity index (χ1n) is 6.16. The van der Waals surface area contributed by atoms with Crippen LogP contribution in [0.2, 0.25) is 0 Å². The topological polar surface area (TPSA) is 29.5 Å². The van der Waals surface area contributed by atoms with Crippen LogP contribution in [0.25, 0.3) is 0 Å². The molecule has 2 fully saturated rings. The molecule has 1 saturated heterocycles. The highest BCUT2D eigenvalue weighted by molar-refractivity contribution is 4.78. The summed E-state index contributed by atoms with van der Waals surface area (Å²) in [4.78, 5) is 0. The number of hydrogen-bond acceptors (Lipinski definition) is 2. The molecule has 0 aromatic carbocycles. The smallest absolute Gasteiger partial charge is 0.0576 e. The van der Waals surface area contributed by atoms with Gasteiger partial charge in [-0.2, -0.15) is 0 Å². The van der Waals surface area contributed by atoms with Crippen LogP contribution in [0.4, 0.5) is 0 Å².